The first-order chi connectivity index (χ1) is 8.06. The van der Waals surface area contributed by atoms with Crippen molar-refractivity contribution in [3.05, 3.63) is 21.9 Å². The van der Waals surface area contributed by atoms with Gasteiger partial charge >= 0.3 is 0 Å². The maximum atomic E-state index is 12.0. The van der Waals surface area contributed by atoms with Gasteiger partial charge in [0.25, 0.3) is 0 Å². The van der Waals surface area contributed by atoms with Gasteiger partial charge in [0, 0.05) is 16.3 Å². The van der Waals surface area contributed by atoms with Crippen LogP contribution in [0, 0.1) is 12.8 Å². The highest BCUT2D eigenvalue weighted by Gasteiger charge is 2.28. The van der Waals surface area contributed by atoms with Crippen molar-refractivity contribution in [3.63, 3.8) is 0 Å². The lowest BCUT2D eigenvalue weighted by molar-refractivity contribution is -0.125. The number of hydrogen-bond acceptors (Lipinski definition) is 3. The number of aryl methyl sites for hydroxylation is 1. The highest BCUT2D eigenvalue weighted by atomic mass is 32.1. The van der Waals surface area contributed by atoms with Crippen LogP contribution in [0.1, 0.15) is 36.1 Å². The predicted octanol–water partition coefficient (Wildman–Crippen LogP) is 2.46. The van der Waals surface area contributed by atoms with Crippen LogP contribution in [0.5, 0.6) is 0 Å². The molecule has 2 rings (SSSR count). The van der Waals surface area contributed by atoms with Crippen molar-refractivity contribution in [2.24, 2.45) is 5.92 Å². The molecule has 6 heteroatoms. The zero-order chi connectivity index (χ0) is 12.4. The van der Waals surface area contributed by atoms with Gasteiger partial charge in [0.15, 0.2) is 0 Å². The number of nitrogens with one attached hydrogen (secondary N) is 2. The Morgan fingerprint density at radius 3 is 2.53 bits per heavy atom. The smallest absolute Gasteiger partial charge is 0.237 e. The van der Waals surface area contributed by atoms with Gasteiger partial charge in [-0.15, -0.1) is 11.3 Å². The minimum absolute atomic E-state index is 0. The molecule has 0 unspecified atom stereocenters. The molecule has 1 saturated heterocycles. The van der Waals surface area contributed by atoms with Crippen molar-refractivity contribution < 1.29 is 4.79 Å². The van der Waals surface area contributed by atoms with Gasteiger partial charge < -0.3 is 10.6 Å². The molecule has 1 aromatic heterocycles. The fraction of sp³-hybridized carbons (Fsp3) is 0.615. The van der Waals surface area contributed by atoms with Crippen LogP contribution in [0.25, 0.3) is 0 Å². The lowest BCUT2D eigenvalue weighted by Crippen LogP contribution is -2.54. The average Bonchev–Trinajstić information content (AvgIpc) is 2.67. The van der Waals surface area contributed by atoms with E-state index in [1.807, 2.05) is 0 Å². The zero-order valence-corrected chi connectivity index (χ0v) is 14.4. The van der Waals surface area contributed by atoms with Gasteiger partial charge in [-0.25, -0.2) is 0 Å². The molecule has 0 radical (unpaired) electrons. The quantitative estimate of drug-likeness (QED) is 0.898. The summed E-state index contributed by atoms with van der Waals surface area (Å²) in [6.45, 7) is 7.21. The van der Waals surface area contributed by atoms with Gasteiger partial charge in [-0.1, -0.05) is 13.8 Å². The largest absolute Gasteiger partial charge is 0.346 e. The molecule has 2 atom stereocenters. The number of carbonyl (C=O) groups excluding carboxylic acids is 1. The summed E-state index contributed by atoms with van der Waals surface area (Å²) in [6.07, 6.45) is 0.905. The SMILES string of the molecule is Cc1ccc([C@@H]2CN[C@@H](CC(C)C)C(=O)N2)s1.S.S. The maximum absolute atomic E-state index is 12.0. The second-order valence-corrected chi connectivity index (χ2v) is 6.42. The predicted molar refractivity (Wildman–Crippen MR) is 91.9 cm³/mol. The molecule has 0 bridgehead atoms. The van der Waals surface area contributed by atoms with E-state index in [4.69, 9.17) is 0 Å². The summed E-state index contributed by atoms with van der Waals surface area (Å²) < 4.78 is 0. The molecular weight excluding hydrogens is 296 g/mol. The minimum Gasteiger partial charge on any atom is -0.346 e. The molecule has 2 N–H and O–H groups in total. The van der Waals surface area contributed by atoms with Crippen molar-refractivity contribution in [1.29, 1.82) is 0 Å². The number of amides is 1. The Bertz CT molecular complexity index is 406. The molecule has 110 valence electrons. The third-order valence-corrected chi connectivity index (χ3v) is 4.13. The summed E-state index contributed by atoms with van der Waals surface area (Å²) in [5, 5.41) is 6.46. The third kappa shape index (κ3) is 5.02. The lowest BCUT2D eigenvalue weighted by Gasteiger charge is -2.30. The molecule has 1 fully saturated rings. The number of rotatable bonds is 3. The van der Waals surface area contributed by atoms with E-state index in [0.717, 1.165) is 13.0 Å². The third-order valence-electron chi connectivity index (χ3n) is 3.01. The van der Waals surface area contributed by atoms with E-state index in [1.165, 1.54) is 9.75 Å². The number of hydrogen-bond donors (Lipinski definition) is 2. The van der Waals surface area contributed by atoms with Gasteiger partial charge in [-0.3, -0.25) is 4.79 Å². The van der Waals surface area contributed by atoms with Crippen molar-refractivity contribution in [3.8, 4) is 0 Å². The van der Waals surface area contributed by atoms with Gasteiger partial charge in [0.1, 0.15) is 0 Å². The van der Waals surface area contributed by atoms with Gasteiger partial charge in [0.05, 0.1) is 12.1 Å². The van der Waals surface area contributed by atoms with Gasteiger partial charge in [-0.2, -0.15) is 27.0 Å². The molecular formula is C13H24N2OS3. The maximum Gasteiger partial charge on any atom is 0.237 e. The average molecular weight is 321 g/mol. The van der Waals surface area contributed by atoms with Crippen LogP contribution in [0.3, 0.4) is 0 Å². The Morgan fingerprint density at radius 2 is 2.05 bits per heavy atom. The molecule has 3 nitrogen and oxygen atoms in total. The molecule has 2 heterocycles. The molecule has 0 aromatic carbocycles. The second kappa shape index (κ2) is 8.19. The van der Waals surface area contributed by atoms with Crippen molar-refractivity contribution in [2.45, 2.75) is 39.3 Å². The van der Waals surface area contributed by atoms with Crippen LogP contribution >= 0.6 is 38.3 Å². The van der Waals surface area contributed by atoms with E-state index in [9.17, 15) is 4.79 Å². The summed E-state index contributed by atoms with van der Waals surface area (Å²) in [6, 6.07) is 4.33. The minimum atomic E-state index is -0.0210. The first-order valence-corrected chi connectivity index (χ1v) is 6.98. The summed E-state index contributed by atoms with van der Waals surface area (Å²) in [5.41, 5.74) is 0. The van der Waals surface area contributed by atoms with E-state index in [1.54, 1.807) is 11.3 Å². The van der Waals surface area contributed by atoms with E-state index >= 15 is 0 Å². The van der Waals surface area contributed by atoms with Crippen LogP contribution in [0.2, 0.25) is 0 Å². The van der Waals surface area contributed by atoms with Crippen LogP contribution in [0.15, 0.2) is 12.1 Å². The van der Waals surface area contributed by atoms with Crippen molar-refractivity contribution in [2.75, 3.05) is 6.54 Å². The zero-order valence-electron chi connectivity index (χ0n) is 11.6. The molecule has 1 aromatic rings. The molecule has 1 amide bonds. The van der Waals surface area contributed by atoms with Crippen LogP contribution in [0.4, 0.5) is 0 Å². The topological polar surface area (TPSA) is 41.1 Å². The van der Waals surface area contributed by atoms with Crippen molar-refractivity contribution in [1.82, 2.24) is 10.6 Å². The molecule has 0 aliphatic carbocycles. The lowest BCUT2D eigenvalue weighted by atomic mass is 10.00. The van der Waals surface area contributed by atoms with Gasteiger partial charge in [0.2, 0.25) is 5.91 Å². The Hall–Kier alpha value is -0.170. The monoisotopic (exact) mass is 320 g/mol. The molecule has 1 aliphatic rings. The van der Waals surface area contributed by atoms with Crippen LogP contribution in [-0.4, -0.2) is 18.5 Å². The Balaban J connectivity index is 0.00000162. The van der Waals surface area contributed by atoms with Gasteiger partial charge in [-0.05, 0) is 31.4 Å². The number of carbonyl (C=O) groups is 1. The summed E-state index contributed by atoms with van der Waals surface area (Å²) >= 11 is 1.76. The Labute approximate surface area is 133 Å². The first-order valence-electron chi connectivity index (χ1n) is 6.16. The molecule has 1 aliphatic heterocycles. The highest BCUT2D eigenvalue weighted by Crippen LogP contribution is 2.24. The molecule has 0 saturated carbocycles. The van der Waals surface area contributed by atoms with E-state index < -0.39 is 0 Å². The highest BCUT2D eigenvalue weighted by molar-refractivity contribution is 7.59. The van der Waals surface area contributed by atoms with E-state index in [0.29, 0.717) is 5.92 Å². The number of thiophene rings is 1. The Morgan fingerprint density at radius 1 is 1.37 bits per heavy atom. The fourth-order valence-electron chi connectivity index (χ4n) is 2.15. The molecule has 0 spiro atoms. The van der Waals surface area contributed by atoms with E-state index in [2.05, 4.69) is 43.5 Å². The molecule has 19 heavy (non-hydrogen) atoms. The number of piperazine rings is 1. The van der Waals surface area contributed by atoms with E-state index in [-0.39, 0.29) is 45.0 Å². The Kier molecular flexibility index (Phi) is 8.12. The van der Waals surface area contributed by atoms with Crippen molar-refractivity contribution >= 4 is 44.2 Å². The van der Waals surface area contributed by atoms with Crippen LogP contribution in [-0.2, 0) is 4.79 Å². The van der Waals surface area contributed by atoms with Crippen LogP contribution < -0.4 is 10.6 Å². The summed E-state index contributed by atoms with van der Waals surface area (Å²) in [7, 11) is 0. The normalized spacial score (nSPS) is 22.4. The second-order valence-electron chi connectivity index (χ2n) is 5.10. The first kappa shape index (κ1) is 18.8. The fourth-order valence-corrected chi connectivity index (χ4v) is 3.08. The standard InChI is InChI=1S/C13H20N2OS.2H2S/c1-8(2)6-10-13(16)15-11(7-14-10)12-5-4-9(3)17-12;;/h4-5,8,10-11,14H,6-7H2,1-3H3,(H,15,16);2*1H2/t10-,11-;;/m0../s1. The summed E-state index contributed by atoms with van der Waals surface area (Å²) in [4.78, 5) is 14.5. The summed E-state index contributed by atoms with van der Waals surface area (Å²) in [5.74, 6) is 0.680.